The van der Waals surface area contributed by atoms with E-state index >= 15 is 0 Å². The van der Waals surface area contributed by atoms with Crippen LogP contribution in [0, 0.1) is 5.92 Å². The fourth-order valence-electron chi connectivity index (χ4n) is 1.47. The van der Waals surface area contributed by atoms with Gasteiger partial charge in [-0.25, -0.2) is 0 Å². The third-order valence-electron chi connectivity index (χ3n) is 2.60. The van der Waals surface area contributed by atoms with Crippen molar-refractivity contribution in [2.45, 2.75) is 46.3 Å². The standard InChI is InChI=1S/C14H21ClO/c1-11(2)4-5-12(3)16-10-13-6-8-14(15)9-7-13/h6-9,11-12H,4-5,10H2,1-3H3. The molecule has 1 aromatic rings. The van der Waals surface area contributed by atoms with Crippen molar-refractivity contribution in [2.24, 2.45) is 5.92 Å². The van der Waals surface area contributed by atoms with Crippen LogP contribution < -0.4 is 0 Å². The summed E-state index contributed by atoms with van der Waals surface area (Å²) in [6, 6.07) is 7.83. The monoisotopic (exact) mass is 240 g/mol. The molecule has 0 radical (unpaired) electrons. The van der Waals surface area contributed by atoms with Crippen molar-refractivity contribution in [3.8, 4) is 0 Å². The van der Waals surface area contributed by atoms with Crippen molar-refractivity contribution in [3.63, 3.8) is 0 Å². The van der Waals surface area contributed by atoms with Crippen LogP contribution in [0.25, 0.3) is 0 Å². The van der Waals surface area contributed by atoms with Gasteiger partial charge in [-0.1, -0.05) is 37.6 Å². The fraction of sp³-hybridized carbons (Fsp3) is 0.571. The lowest BCUT2D eigenvalue weighted by Gasteiger charge is -2.14. The molecule has 1 aromatic carbocycles. The number of hydrogen-bond acceptors (Lipinski definition) is 1. The highest BCUT2D eigenvalue weighted by molar-refractivity contribution is 6.30. The second kappa shape index (κ2) is 6.93. The largest absolute Gasteiger partial charge is 0.374 e. The topological polar surface area (TPSA) is 9.23 Å². The maximum absolute atomic E-state index is 5.82. The van der Waals surface area contributed by atoms with Gasteiger partial charge < -0.3 is 4.74 Å². The molecule has 1 atom stereocenters. The number of rotatable bonds is 6. The summed E-state index contributed by atoms with van der Waals surface area (Å²) in [5.74, 6) is 0.751. The lowest BCUT2D eigenvalue weighted by molar-refractivity contribution is 0.0442. The smallest absolute Gasteiger partial charge is 0.0720 e. The van der Waals surface area contributed by atoms with Crippen LogP contribution in [0.4, 0.5) is 0 Å². The second-order valence-corrected chi connectivity index (χ2v) is 5.16. The molecule has 90 valence electrons. The molecular formula is C14H21ClO. The van der Waals surface area contributed by atoms with Crippen LogP contribution in [-0.2, 0) is 11.3 Å². The number of ether oxygens (including phenoxy) is 1. The molecule has 0 aliphatic carbocycles. The number of hydrogen-bond donors (Lipinski definition) is 0. The van der Waals surface area contributed by atoms with Crippen LogP contribution in [0.15, 0.2) is 24.3 Å². The summed E-state index contributed by atoms with van der Waals surface area (Å²) in [6.45, 7) is 7.30. The Morgan fingerprint density at radius 1 is 1.06 bits per heavy atom. The van der Waals surface area contributed by atoms with E-state index in [-0.39, 0.29) is 0 Å². The Morgan fingerprint density at radius 3 is 2.25 bits per heavy atom. The summed E-state index contributed by atoms with van der Waals surface area (Å²) in [5, 5.41) is 0.775. The zero-order chi connectivity index (χ0) is 12.0. The molecular weight excluding hydrogens is 220 g/mol. The molecule has 2 heteroatoms. The minimum atomic E-state index is 0.332. The van der Waals surface area contributed by atoms with E-state index in [0.717, 1.165) is 17.4 Å². The molecule has 0 bridgehead atoms. The zero-order valence-electron chi connectivity index (χ0n) is 10.4. The Labute approximate surface area is 104 Å². The average Bonchev–Trinajstić information content (AvgIpc) is 2.25. The second-order valence-electron chi connectivity index (χ2n) is 4.72. The molecule has 0 amide bonds. The predicted molar refractivity (Wildman–Crippen MR) is 69.8 cm³/mol. The predicted octanol–water partition coefficient (Wildman–Crippen LogP) is 4.68. The third kappa shape index (κ3) is 5.53. The molecule has 0 saturated carbocycles. The molecule has 0 aliphatic rings. The highest BCUT2D eigenvalue weighted by atomic mass is 35.5. The van der Waals surface area contributed by atoms with Crippen LogP contribution in [0.5, 0.6) is 0 Å². The molecule has 0 aromatic heterocycles. The molecule has 1 nitrogen and oxygen atoms in total. The van der Waals surface area contributed by atoms with E-state index in [4.69, 9.17) is 16.3 Å². The molecule has 1 unspecified atom stereocenters. The third-order valence-corrected chi connectivity index (χ3v) is 2.85. The first-order valence-electron chi connectivity index (χ1n) is 5.94. The van der Waals surface area contributed by atoms with Gasteiger partial charge in [0.25, 0.3) is 0 Å². The highest BCUT2D eigenvalue weighted by Crippen LogP contribution is 2.13. The van der Waals surface area contributed by atoms with Crippen LogP contribution >= 0.6 is 11.6 Å². The molecule has 1 rings (SSSR count). The van der Waals surface area contributed by atoms with E-state index in [9.17, 15) is 0 Å². The first-order chi connectivity index (χ1) is 7.58. The van der Waals surface area contributed by atoms with E-state index in [1.54, 1.807) is 0 Å². The van der Waals surface area contributed by atoms with Crippen molar-refractivity contribution in [1.29, 1.82) is 0 Å². The van der Waals surface area contributed by atoms with Gasteiger partial charge in [-0.2, -0.15) is 0 Å². The molecule has 0 N–H and O–H groups in total. The Bertz CT molecular complexity index is 292. The molecule has 0 aliphatic heterocycles. The summed E-state index contributed by atoms with van der Waals surface area (Å²) in [4.78, 5) is 0. The van der Waals surface area contributed by atoms with Crippen LogP contribution in [0.2, 0.25) is 5.02 Å². The summed E-state index contributed by atoms with van der Waals surface area (Å²) >= 11 is 5.82. The fourth-order valence-corrected chi connectivity index (χ4v) is 1.60. The number of benzene rings is 1. The average molecular weight is 241 g/mol. The van der Waals surface area contributed by atoms with Gasteiger partial charge in [0.05, 0.1) is 12.7 Å². The molecule has 0 saturated heterocycles. The van der Waals surface area contributed by atoms with E-state index in [0.29, 0.717) is 12.7 Å². The van der Waals surface area contributed by atoms with Crippen LogP contribution in [0.1, 0.15) is 39.2 Å². The Morgan fingerprint density at radius 2 is 1.69 bits per heavy atom. The first-order valence-corrected chi connectivity index (χ1v) is 6.31. The maximum atomic E-state index is 5.82. The molecule has 0 spiro atoms. The summed E-state index contributed by atoms with van der Waals surface area (Å²) in [7, 11) is 0. The van der Waals surface area contributed by atoms with Gasteiger partial charge in [0, 0.05) is 5.02 Å². The minimum Gasteiger partial charge on any atom is -0.374 e. The normalized spacial score (nSPS) is 13.1. The van der Waals surface area contributed by atoms with Crippen LogP contribution in [-0.4, -0.2) is 6.10 Å². The van der Waals surface area contributed by atoms with Crippen molar-refractivity contribution >= 4 is 11.6 Å². The quantitative estimate of drug-likeness (QED) is 0.702. The van der Waals surface area contributed by atoms with E-state index in [2.05, 4.69) is 20.8 Å². The van der Waals surface area contributed by atoms with Gasteiger partial charge in [0.1, 0.15) is 0 Å². The van der Waals surface area contributed by atoms with Gasteiger partial charge >= 0.3 is 0 Å². The maximum Gasteiger partial charge on any atom is 0.0720 e. The minimum absolute atomic E-state index is 0.332. The Hall–Kier alpha value is -0.530. The van der Waals surface area contributed by atoms with E-state index < -0.39 is 0 Å². The van der Waals surface area contributed by atoms with Gasteiger partial charge in [0.15, 0.2) is 0 Å². The Kier molecular flexibility index (Phi) is 5.86. The first kappa shape index (κ1) is 13.5. The zero-order valence-corrected chi connectivity index (χ0v) is 11.1. The molecule has 0 fully saturated rings. The summed E-state index contributed by atoms with van der Waals surface area (Å²) in [5.41, 5.74) is 1.18. The van der Waals surface area contributed by atoms with E-state index in [1.807, 2.05) is 24.3 Å². The lowest BCUT2D eigenvalue weighted by Crippen LogP contribution is -2.09. The van der Waals surface area contributed by atoms with Crippen molar-refractivity contribution in [2.75, 3.05) is 0 Å². The van der Waals surface area contributed by atoms with Crippen molar-refractivity contribution < 1.29 is 4.74 Å². The summed E-state index contributed by atoms with van der Waals surface area (Å²) in [6.07, 6.45) is 2.69. The van der Waals surface area contributed by atoms with Crippen molar-refractivity contribution in [1.82, 2.24) is 0 Å². The van der Waals surface area contributed by atoms with Gasteiger partial charge in [-0.3, -0.25) is 0 Å². The number of halogens is 1. The van der Waals surface area contributed by atoms with Crippen molar-refractivity contribution in [3.05, 3.63) is 34.9 Å². The molecule has 0 heterocycles. The highest BCUT2D eigenvalue weighted by Gasteiger charge is 2.04. The van der Waals surface area contributed by atoms with Gasteiger partial charge in [-0.05, 0) is 43.4 Å². The SMILES string of the molecule is CC(C)CCC(C)OCc1ccc(Cl)cc1. The Balaban J connectivity index is 2.26. The molecule has 16 heavy (non-hydrogen) atoms. The van der Waals surface area contributed by atoms with Crippen LogP contribution in [0.3, 0.4) is 0 Å². The van der Waals surface area contributed by atoms with Gasteiger partial charge in [0.2, 0.25) is 0 Å². The summed E-state index contributed by atoms with van der Waals surface area (Å²) < 4.78 is 5.78. The van der Waals surface area contributed by atoms with E-state index in [1.165, 1.54) is 12.0 Å². The van der Waals surface area contributed by atoms with Gasteiger partial charge in [-0.15, -0.1) is 0 Å². The lowest BCUT2D eigenvalue weighted by atomic mass is 10.1.